The van der Waals surface area contributed by atoms with Crippen LogP contribution in [-0.4, -0.2) is 42.5 Å². The number of hydrogen-bond acceptors (Lipinski definition) is 2. The van der Waals surface area contributed by atoms with Crippen LogP contribution in [0.5, 0.6) is 0 Å². The van der Waals surface area contributed by atoms with E-state index in [0.717, 1.165) is 24.0 Å². The SMILES string of the molecule is CCCCCCCCCCCCc1ccccc1CS(=O)(=O)O.[NaH]. The van der Waals surface area contributed by atoms with Gasteiger partial charge in [-0.3, -0.25) is 4.55 Å². The first kappa shape index (κ1) is 24.1. The fraction of sp³-hybridized carbons (Fsp3) is 0.684. The molecule has 1 N–H and O–H groups in total. The van der Waals surface area contributed by atoms with E-state index in [4.69, 9.17) is 4.55 Å². The predicted octanol–water partition coefficient (Wildman–Crippen LogP) is 4.89. The number of hydrogen-bond donors (Lipinski definition) is 1. The van der Waals surface area contributed by atoms with Crippen molar-refractivity contribution in [3.8, 4) is 0 Å². The number of benzene rings is 1. The zero-order chi connectivity index (χ0) is 17.0. The Morgan fingerprint density at radius 2 is 1.25 bits per heavy atom. The second-order valence-corrected chi connectivity index (χ2v) is 7.88. The summed E-state index contributed by atoms with van der Waals surface area (Å²) in [6.45, 7) is 2.24. The Kier molecular flexibility index (Phi) is 14.4. The van der Waals surface area contributed by atoms with Crippen LogP contribution in [0.3, 0.4) is 0 Å². The molecule has 0 unspecified atom stereocenters. The molecule has 24 heavy (non-hydrogen) atoms. The van der Waals surface area contributed by atoms with E-state index >= 15 is 0 Å². The molecule has 0 atom stereocenters. The van der Waals surface area contributed by atoms with Crippen molar-refractivity contribution >= 4 is 39.7 Å². The minimum atomic E-state index is -3.95. The van der Waals surface area contributed by atoms with Gasteiger partial charge in [0.05, 0.1) is 0 Å². The number of rotatable bonds is 13. The third kappa shape index (κ3) is 12.5. The third-order valence-corrected chi connectivity index (χ3v) is 4.93. The third-order valence-electron chi connectivity index (χ3n) is 4.26. The molecule has 1 aromatic carbocycles. The fourth-order valence-electron chi connectivity index (χ4n) is 2.94. The molecule has 0 heterocycles. The van der Waals surface area contributed by atoms with Crippen molar-refractivity contribution in [2.24, 2.45) is 0 Å². The van der Waals surface area contributed by atoms with Crippen LogP contribution in [0.4, 0.5) is 0 Å². The van der Waals surface area contributed by atoms with Gasteiger partial charge in [-0.1, -0.05) is 89.0 Å². The Labute approximate surface area is 170 Å². The van der Waals surface area contributed by atoms with Gasteiger partial charge >= 0.3 is 29.6 Å². The van der Waals surface area contributed by atoms with E-state index in [-0.39, 0.29) is 35.3 Å². The van der Waals surface area contributed by atoms with Crippen LogP contribution in [0.15, 0.2) is 24.3 Å². The standard InChI is InChI=1S/C19H32O3S.Na.H/c1-2-3-4-5-6-7-8-9-10-11-14-18-15-12-13-16-19(18)17-23(20,21)22;;/h12-13,15-16H,2-11,14,17H2,1H3,(H,20,21,22);;. The van der Waals surface area contributed by atoms with Crippen molar-refractivity contribution in [2.45, 2.75) is 83.3 Å². The van der Waals surface area contributed by atoms with E-state index in [0.29, 0.717) is 0 Å². The summed E-state index contributed by atoms with van der Waals surface area (Å²) in [5, 5.41) is 0. The summed E-state index contributed by atoms with van der Waals surface area (Å²) in [4.78, 5) is 0. The van der Waals surface area contributed by atoms with E-state index in [1.54, 1.807) is 6.07 Å². The Balaban J connectivity index is 0.00000529. The molecule has 0 radical (unpaired) electrons. The van der Waals surface area contributed by atoms with Crippen LogP contribution in [0.2, 0.25) is 0 Å². The maximum absolute atomic E-state index is 11.1. The molecule has 134 valence electrons. The molecule has 1 rings (SSSR count). The maximum atomic E-state index is 11.1. The zero-order valence-corrected chi connectivity index (χ0v) is 15.3. The molecule has 0 spiro atoms. The van der Waals surface area contributed by atoms with Crippen molar-refractivity contribution in [2.75, 3.05) is 0 Å². The average molecular weight is 365 g/mol. The van der Waals surface area contributed by atoms with E-state index in [9.17, 15) is 8.42 Å². The van der Waals surface area contributed by atoms with Crippen molar-refractivity contribution in [1.29, 1.82) is 0 Å². The van der Waals surface area contributed by atoms with Gasteiger partial charge in [-0.25, -0.2) is 0 Å². The van der Waals surface area contributed by atoms with Gasteiger partial charge in [-0.15, -0.1) is 0 Å². The van der Waals surface area contributed by atoms with Crippen LogP contribution in [0.1, 0.15) is 82.3 Å². The second-order valence-electron chi connectivity index (χ2n) is 6.43. The summed E-state index contributed by atoms with van der Waals surface area (Å²) in [5.74, 6) is -0.277. The van der Waals surface area contributed by atoms with Gasteiger partial charge in [0.2, 0.25) is 0 Å². The molecule has 5 heteroatoms. The summed E-state index contributed by atoms with van der Waals surface area (Å²) < 4.78 is 31.1. The molecule has 3 nitrogen and oxygen atoms in total. The van der Waals surface area contributed by atoms with E-state index in [1.165, 1.54) is 57.8 Å². The minimum absolute atomic E-state index is 0. The van der Waals surface area contributed by atoms with E-state index in [2.05, 4.69) is 6.92 Å². The summed E-state index contributed by atoms with van der Waals surface area (Å²) in [6, 6.07) is 7.51. The first-order valence-corrected chi connectivity index (χ1v) is 10.7. The van der Waals surface area contributed by atoms with Crippen molar-refractivity contribution in [1.82, 2.24) is 0 Å². The molecule has 1 aromatic rings. The molecule has 0 bridgehead atoms. The molecule has 0 aliphatic heterocycles. The zero-order valence-electron chi connectivity index (χ0n) is 14.5. The van der Waals surface area contributed by atoms with Crippen LogP contribution >= 0.6 is 0 Å². The van der Waals surface area contributed by atoms with Gasteiger partial charge in [0, 0.05) is 0 Å². The number of unbranched alkanes of at least 4 members (excludes halogenated alkanes) is 9. The van der Waals surface area contributed by atoms with Crippen LogP contribution in [-0.2, 0) is 22.3 Å². The Bertz CT molecular complexity index is 529. The fourth-order valence-corrected chi connectivity index (χ4v) is 3.62. The van der Waals surface area contributed by atoms with Gasteiger partial charge in [0.1, 0.15) is 5.75 Å². The normalized spacial score (nSPS) is 11.2. The molecule has 0 aliphatic rings. The van der Waals surface area contributed by atoms with Gasteiger partial charge in [-0.2, -0.15) is 8.42 Å². The summed E-state index contributed by atoms with van der Waals surface area (Å²) in [5.41, 5.74) is 1.77. The van der Waals surface area contributed by atoms with Gasteiger partial charge in [-0.05, 0) is 24.0 Å². The monoisotopic (exact) mass is 364 g/mol. The predicted molar refractivity (Wildman–Crippen MR) is 104 cm³/mol. The summed E-state index contributed by atoms with van der Waals surface area (Å²) in [6.07, 6.45) is 13.8. The quantitative estimate of drug-likeness (QED) is 0.308. The van der Waals surface area contributed by atoms with Crippen LogP contribution < -0.4 is 0 Å². The molecule has 0 saturated carbocycles. The van der Waals surface area contributed by atoms with Gasteiger partial charge in [0.25, 0.3) is 10.1 Å². The molecule has 0 amide bonds. The van der Waals surface area contributed by atoms with Crippen molar-refractivity contribution in [3.63, 3.8) is 0 Å². The Morgan fingerprint density at radius 1 is 0.792 bits per heavy atom. The summed E-state index contributed by atoms with van der Waals surface area (Å²) in [7, 11) is -3.95. The number of aryl methyl sites for hydroxylation is 1. The van der Waals surface area contributed by atoms with Crippen LogP contribution in [0, 0.1) is 0 Å². The summed E-state index contributed by atoms with van der Waals surface area (Å²) >= 11 is 0. The molecule has 0 aromatic heterocycles. The molecule has 0 saturated heterocycles. The topological polar surface area (TPSA) is 54.4 Å². The average Bonchev–Trinajstić information content (AvgIpc) is 2.49. The molecule has 0 aliphatic carbocycles. The van der Waals surface area contributed by atoms with Crippen molar-refractivity contribution < 1.29 is 13.0 Å². The van der Waals surface area contributed by atoms with E-state index in [1.807, 2.05) is 18.2 Å². The van der Waals surface area contributed by atoms with E-state index < -0.39 is 10.1 Å². The molecule has 0 fully saturated rings. The van der Waals surface area contributed by atoms with Gasteiger partial charge in [0.15, 0.2) is 0 Å². The molecular formula is C19H33NaO3S. The van der Waals surface area contributed by atoms with Crippen LogP contribution in [0.25, 0.3) is 0 Å². The first-order valence-electron chi connectivity index (χ1n) is 9.05. The second kappa shape index (κ2) is 14.3. The Hall–Kier alpha value is 0.130. The molecular weight excluding hydrogens is 331 g/mol. The van der Waals surface area contributed by atoms with Crippen molar-refractivity contribution in [3.05, 3.63) is 35.4 Å². The van der Waals surface area contributed by atoms with Gasteiger partial charge < -0.3 is 0 Å². The Morgan fingerprint density at radius 3 is 1.75 bits per heavy atom. The first-order chi connectivity index (χ1) is 11.0.